The molecule has 1 aliphatic heterocycles. The molecule has 1 aliphatic rings. The van der Waals surface area contributed by atoms with Gasteiger partial charge in [0.2, 0.25) is 5.56 Å². The fraction of sp³-hybridized carbons (Fsp3) is 0.412. The maximum Gasteiger partial charge on any atom is 0.252 e. The first-order valence-electron chi connectivity index (χ1n) is 7.85. The Balaban J connectivity index is 0.00000192. The number of aromatic nitrogens is 1. The molecule has 3 N–H and O–H groups in total. The van der Waals surface area contributed by atoms with E-state index in [2.05, 4.69) is 15.6 Å². The number of halogens is 1. The van der Waals surface area contributed by atoms with E-state index in [1.807, 2.05) is 18.2 Å². The molecule has 2 aromatic rings. The number of piperidine rings is 1. The van der Waals surface area contributed by atoms with Gasteiger partial charge in [-0.15, -0.1) is 12.4 Å². The minimum atomic E-state index is -0.250. The van der Waals surface area contributed by atoms with Crippen molar-refractivity contribution in [1.29, 1.82) is 0 Å². The van der Waals surface area contributed by atoms with Gasteiger partial charge in [0.25, 0.3) is 5.91 Å². The minimum Gasteiger partial charge on any atom is -0.352 e. The first-order valence-corrected chi connectivity index (χ1v) is 7.85. The van der Waals surface area contributed by atoms with Crippen molar-refractivity contribution in [1.82, 2.24) is 15.6 Å². The van der Waals surface area contributed by atoms with Crippen LogP contribution in [0.25, 0.3) is 10.9 Å². The highest BCUT2D eigenvalue weighted by Crippen LogP contribution is 2.15. The molecule has 0 spiro atoms. The zero-order valence-corrected chi connectivity index (χ0v) is 13.7. The number of rotatable bonds is 4. The lowest BCUT2D eigenvalue weighted by atomic mass is 9.96. The van der Waals surface area contributed by atoms with Gasteiger partial charge in [0.15, 0.2) is 0 Å². The fourth-order valence-electron chi connectivity index (χ4n) is 3.05. The van der Waals surface area contributed by atoms with E-state index in [1.165, 1.54) is 18.9 Å². The van der Waals surface area contributed by atoms with Crippen molar-refractivity contribution in [2.45, 2.75) is 19.3 Å². The van der Waals surface area contributed by atoms with Crippen molar-refractivity contribution in [3.05, 3.63) is 46.2 Å². The van der Waals surface area contributed by atoms with Crippen LogP contribution in [-0.2, 0) is 0 Å². The molecule has 1 aromatic heterocycles. The highest BCUT2D eigenvalue weighted by Gasteiger charge is 2.14. The van der Waals surface area contributed by atoms with Gasteiger partial charge in [-0.3, -0.25) is 9.59 Å². The molecule has 1 aromatic carbocycles. The number of hydrogen-bond acceptors (Lipinski definition) is 3. The second-order valence-corrected chi connectivity index (χ2v) is 5.85. The third kappa shape index (κ3) is 4.33. The second-order valence-electron chi connectivity index (χ2n) is 5.85. The van der Waals surface area contributed by atoms with Crippen LogP contribution in [0.3, 0.4) is 0 Å². The van der Waals surface area contributed by atoms with Crippen LogP contribution in [0.1, 0.15) is 29.6 Å². The van der Waals surface area contributed by atoms with Gasteiger partial charge < -0.3 is 15.6 Å². The van der Waals surface area contributed by atoms with E-state index >= 15 is 0 Å². The van der Waals surface area contributed by atoms with Gasteiger partial charge in [-0.1, -0.05) is 18.2 Å². The summed E-state index contributed by atoms with van der Waals surface area (Å²) < 4.78 is 0. The molecule has 5 nitrogen and oxygen atoms in total. The molecule has 23 heavy (non-hydrogen) atoms. The number of fused-ring (bicyclic) bond motifs is 1. The Labute approximate surface area is 141 Å². The first kappa shape index (κ1) is 17.5. The molecule has 6 heteroatoms. The number of amides is 1. The third-order valence-corrected chi connectivity index (χ3v) is 4.23. The van der Waals surface area contributed by atoms with Gasteiger partial charge in [0.05, 0.1) is 5.56 Å². The van der Waals surface area contributed by atoms with E-state index in [1.54, 1.807) is 6.07 Å². The van der Waals surface area contributed by atoms with Crippen LogP contribution in [0.4, 0.5) is 0 Å². The lowest BCUT2D eigenvalue weighted by Crippen LogP contribution is -2.33. The molecule has 0 aliphatic carbocycles. The van der Waals surface area contributed by atoms with Crippen molar-refractivity contribution in [2.24, 2.45) is 5.92 Å². The van der Waals surface area contributed by atoms with Crippen molar-refractivity contribution in [2.75, 3.05) is 19.6 Å². The Morgan fingerprint density at radius 1 is 1.30 bits per heavy atom. The number of nitrogens with one attached hydrogen (secondary N) is 3. The van der Waals surface area contributed by atoms with Crippen LogP contribution >= 0.6 is 12.4 Å². The second kappa shape index (κ2) is 8.13. The Hall–Kier alpha value is -1.85. The summed E-state index contributed by atoms with van der Waals surface area (Å²) in [4.78, 5) is 26.8. The van der Waals surface area contributed by atoms with Crippen LogP contribution in [0, 0.1) is 5.92 Å². The first-order chi connectivity index (χ1) is 10.7. The fourth-order valence-corrected chi connectivity index (χ4v) is 3.05. The van der Waals surface area contributed by atoms with Crippen molar-refractivity contribution < 1.29 is 4.79 Å². The molecule has 0 saturated carbocycles. The maximum atomic E-state index is 12.4. The predicted molar refractivity (Wildman–Crippen MR) is 94.4 cm³/mol. The van der Waals surface area contributed by atoms with Crippen molar-refractivity contribution >= 4 is 29.2 Å². The summed E-state index contributed by atoms with van der Waals surface area (Å²) in [6, 6.07) is 8.74. The topological polar surface area (TPSA) is 74.0 Å². The number of para-hydroxylation sites is 1. The summed E-state index contributed by atoms with van der Waals surface area (Å²) in [6.07, 6.45) is 3.40. The molecule has 3 rings (SSSR count). The van der Waals surface area contributed by atoms with E-state index in [4.69, 9.17) is 0 Å². The van der Waals surface area contributed by atoms with E-state index in [9.17, 15) is 9.59 Å². The maximum absolute atomic E-state index is 12.4. The third-order valence-electron chi connectivity index (χ3n) is 4.23. The number of hydrogen-bond donors (Lipinski definition) is 3. The number of benzene rings is 1. The molecule has 0 bridgehead atoms. The molecule has 1 unspecified atom stereocenters. The number of carbonyl (C=O) groups is 1. The van der Waals surface area contributed by atoms with Crippen LogP contribution in [0.15, 0.2) is 35.1 Å². The molecule has 1 atom stereocenters. The summed E-state index contributed by atoms with van der Waals surface area (Å²) in [5, 5.41) is 7.10. The Bertz CT molecular complexity index is 723. The van der Waals surface area contributed by atoms with Gasteiger partial charge in [-0.25, -0.2) is 0 Å². The van der Waals surface area contributed by atoms with Gasteiger partial charge in [0.1, 0.15) is 0 Å². The number of pyridine rings is 1. The SMILES string of the molecule is Cl.O=C(NCCC1CCCNC1)c1cc(=O)[nH]c2ccccc12. The van der Waals surface area contributed by atoms with Gasteiger partial charge in [0, 0.05) is 23.5 Å². The highest BCUT2D eigenvalue weighted by atomic mass is 35.5. The van der Waals surface area contributed by atoms with E-state index in [-0.39, 0.29) is 23.9 Å². The molecule has 124 valence electrons. The number of aromatic amines is 1. The molecule has 0 radical (unpaired) electrons. The minimum absolute atomic E-state index is 0. The molecule has 1 fully saturated rings. The van der Waals surface area contributed by atoms with E-state index in [0.29, 0.717) is 23.5 Å². The Morgan fingerprint density at radius 2 is 2.13 bits per heavy atom. The Morgan fingerprint density at radius 3 is 2.91 bits per heavy atom. The predicted octanol–water partition coefficient (Wildman–Crippen LogP) is 2.07. The van der Waals surface area contributed by atoms with Gasteiger partial charge >= 0.3 is 0 Å². The van der Waals surface area contributed by atoms with E-state index < -0.39 is 0 Å². The monoisotopic (exact) mass is 335 g/mol. The summed E-state index contributed by atoms with van der Waals surface area (Å²) in [7, 11) is 0. The average molecular weight is 336 g/mol. The molecular formula is C17H22ClN3O2. The van der Waals surface area contributed by atoms with E-state index in [0.717, 1.165) is 24.9 Å². The summed E-state index contributed by atoms with van der Waals surface area (Å²) in [5.41, 5.74) is 0.887. The number of H-pyrrole nitrogens is 1. The lowest BCUT2D eigenvalue weighted by Gasteiger charge is -2.22. The highest BCUT2D eigenvalue weighted by molar-refractivity contribution is 6.05. The Kier molecular flexibility index (Phi) is 6.19. The van der Waals surface area contributed by atoms with Crippen LogP contribution in [0.5, 0.6) is 0 Å². The summed E-state index contributed by atoms with van der Waals surface area (Å²) in [5.74, 6) is 0.455. The summed E-state index contributed by atoms with van der Waals surface area (Å²) >= 11 is 0. The van der Waals surface area contributed by atoms with Crippen molar-refractivity contribution in [3.8, 4) is 0 Å². The molecule has 1 amide bonds. The quantitative estimate of drug-likeness (QED) is 0.800. The van der Waals surface area contributed by atoms with Crippen molar-refractivity contribution in [3.63, 3.8) is 0 Å². The molecule has 2 heterocycles. The standard InChI is InChI=1S/C17H21N3O2.ClH/c21-16-10-14(13-5-1-2-6-15(13)20-16)17(22)19-9-7-12-4-3-8-18-11-12;/h1-2,5-6,10,12,18H,3-4,7-9,11H2,(H,19,22)(H,20,21);1H. The average Bonchev–Trinajstić information content (AvgIpc) is 2.55. The lowest BCUT2D eigenvalue weighted by molar-refractivity contribution is 0.0952. The van der Waals surface area contributed by atoms with Gasteiger partial charge in [-0.2, -0.15) is 0 Å². The summed E-state index contributed by atoms with van der Waals surface area (Å²) in [6.45, 7) is 2.78. The van der Waals surface area contributed by atoms with Gasteiger partial charge in [-0.05, 0) is 44.3 Å². The smallest absolute Gasteiger partial charge is 0.252 e. The molecular weight excluding hydrogens is 314 g/mol. The number of carbonyl (C=O) groups excluding carboxylic acids is 1. The van der Waals surface area contributed by atoms with Crippen LogP contribution in [0.2, 0.25) is 0 Å². The van der Waals surface area contributed by atoms with Crippen LogP contribution in [-0.4, -0.2) is 30.5 Å². The van der Waals surface area contributed by atoms with Crippen LogP contribution < -0.4 is 16.2 Å². The largest absolute Gasteiger partial charge is 0.352 e. The normalized spacial score (nSPS) is 17.5. The zero-order valence-electron chi connectivity index (χ0n) is 12.9. The molecule has 1 saturated heterocycles. The zero-order chi connectivity index (χ0) is 15.4.